The zero-order chi connectivity index (χ0) is 13.9. The summed E-state index contributed by atoms with van der Waals surface area (Å²) < 4.78 is 0.633. The second-order valence-corrected chi connectivity index (χ2v) is 6.77. The lowest BCUT2D eigenvalue weighted by atomic mass is 9.91. The molecule has 0 fully saturated rings. The molecule has 0 nitrogen and oxygen atoms in total. The molecular formula is C19H17I. The molecule has 0 saturated carbocycles. The topological polar surface area (TPSA) is 0 Å². The van der Waals surface area contributed by atoms with Gasteiger partial charge in [0.05, 0.1) is 0 Å². The Kier molecular flexibility index (Phi) is 4.06. The minimum absolute atomic E-state index is 0.633. The highest BCUT2D eigenvalue weighted by Gasteiger charge is 2.12. The van der Waals surface area contributed by atoms with Gasteiger partial charge in [0.25, 0.3) is 0 Å². The molecule has 100 valence electrons. The number of allylic oxidation sites excluding steroid dienone is 4. The molecule has 0 radical (unpaired) electrons. The molecule has 1 aliphatic rings. The maximum Gasteiger partial charge on any atom is 0.0330 e. The Morgan fingerprint density at radius 2 is 1.60 bits per heavy atom. The Balaban J connectivity index is 1.99. The lowest BCUT2D eigenvalue weighted by Crippen LogP contribution is -2.00. The fourth-order valence-corrected chi connectivity index (χ4v) is 3.46. The molecule has 0 heterocycles. The van der Waals surface area contributed by atoms with Crippen LogP contribution in [0.1, 0.15) is 18.9 Å². The standard InChI is InChI=1S/C19H17I/c1-14-12-18(20)10-11-19(14)17-9-5-8-16(13-17)15-6-3-2-4-7-15/h2-9,11-13,18H,10H2,1H3. The number of halogens is 1. The molecule has 2 aromatic carbocycles. The predicted octanol–water partition coefficient (Wildman–Crippen LogP) is 5.89. The summed E-state index contributed by atoms with van der Waals surface area (Å²) in [5, 5.41) is 0. The molecule has 2 aromatic rings. The molecule has 0 aliphatic heterocycles. The van der Waals surface area contributed by atoms with Crippen LogP contribution in [0.2, 0.25) is 0 Å². The van der Waals surface area contributed by atoms with Gasteiger partial charge in [0.2, 0.25) is 0 Å². The van der Waals surface area contributed by atoms with Crippen LogP contribution in [0.4, 0.5) is 0 Å². The Labute approximate surface area is 134 Å². The highest BCUT2D eigenvalue weighted by atomic mass is 127. The highest BCUT2D eigenvalue weighted by molar-refractivity contribution is 14.1. The minimum Gasteiger partial charge on any atom is -0.0777 e. The van der Waals surface area contributed by atoms with Crippen LogP contribution in [-0.4, -0.2) is 3.92 Å². The first-order valence-electron chi connectivity index (χ1n) is 6.93. The molecule has 3 rings (SSSR count). The van der Waals surface area contributed by atoms with Crippen molar-refractivity contribution in [1.29, 1.82) is 0 Å². The molecule has 0 bridgehead atoms. The van der Waals surface area contributed by atoms with Gasteiger partial charge in [0.1, 0.15) is 0 Å². The molecule has 0 aromatic heterocycles. The Hall–Kier alpha value is -1.35. The summed E-state index contributed by atoms with van der Waals surface area (Å²) in [6.07, 6.45) is 5.87. The van der Waals surface area contributed by atoms with Crippen LogP contribution >= 0.6 is 22.6 Å². The largest absolute Gasteiger partial charge is 0.0777 e. The second kappa shape index (κ2) is 5.96. The molecule has 1 atom stereocenters. The van der Waals surface area contributed by atoms with Crippen LogP contribution in [0.25, 0.3) is 16.7 Å². The van der Waals surface area contributed by atoms with Gasteiger partial charge in [-0.2, -0.15) is 0 Å². The summed E-state index contributed by atoms with van der Waals surface area (Å²) in [5.41, 5.74) is 6.66. The van der Waals surface area contributed by atoms with E-state index in [4.69, 9.17) is 0 Å². The molecule has 20 heavy (non-hydrogen) atoms. The smallest absolute Gasteiger partial charge is 0.0330 e. The number of hydrogen-bond acceptors (Lipinski definition) is 0. The summed E-state index contributed by atoms with van der Waals surface area (Å²) in [5.74, 6) is 0. The van der Waals surface area contributed by atoms with E-state index in [0.717, 1.165) is 6.42 Å². The highest BCUT2D eigenvalue weighted by Crippen LogP contribution is 2.32. The third kappa shape index (κ3) is 2.88. The first kappa shape index (κ1) is 13.6. The van der Waals surface area contributed by atoms with E-state index >= 15 is 0 Å². The Morgan fingerprint density at radius 1 is 0.900 bits per heavy atom. The zero-order valence-electron chi connectivity index (χ0n) is 11.5. The van der Waals surface area contributed by atoms with Gasteiger partial charge in [-0.3, -0.25) is 0 Å². The van der Waals surface area contributed by atoms with Crippen LogP contribution in [0, 0.1) is 0 Å². The van der Waals surface area contributed by atoms with Gasteiger partial charge in [-0.25, -0.2) is 0 Å². The number of rotatable bonds is 2. The SMILES string of the molecule is CC1=CC(I)CC=C1c1cccc(-c2ccccc2)c1. The van der Waals surface area contributed by atoms with Gasteiger partial charge in [-0.15, -0.1) is 0 Å². The summed E-state index contributed by atoms with van der Waals surface area (Å²) in [7, 11) is 0. The predicted molar refractivity (Wildman–Crippen MR) is 96.0 cm³/mol. The van der Waals surface area contributed by atoms with E-state index in [1.54, 1.807) is 0 Å². The Morgan fingerprint density at radius 3 is 2.35 bits per heavy atom. The van der Waals surface area contributed by atoms with Crippen molar-refractivity contribution in [3.63, 3.8) is 0 Å². The molecule has 0 spiro atoms. The fraction of sp³-hybridized carbons (Fsp3) is 0.158. The van der Waals surface area contributed by atoms with E-state index in [1.165, 1.54) is 27.8 Å². The summed E-state index contributed by atoms with van der Waals surface area (Å²) in [6, 6.07) is 19.4. The maximum absolute atomic E-state index is 2.50. The Bertz CT molecular complexity index is 665. The van der Waals surface area contributed by atoms with Gasteiger partial charge >= 0.3 is 0 Å². The number of hydrogen-bond donors (Lipinski definition) is 0. The molecule has 0 amide bonds. The lowest BCUT2D eigenvalue weighted by molar-refractivity contribution is 1.08. The normalized spacial score (nSPS) is 18.4. The van der Waals surface area contributed by atoms with Crippen molar-refractivity contribution >= 4 is 28.2 Å². The van der Waals surface area contributed by atoms with Crippen molar-refractivity contribution in [1.82, 2.24) is 0 Å². The van der Waals surface area contributed by atoms with Crippen molar-refractivity contribution in [3.8, 4) is 11.1 Å². The van der Waals surface area contributed by atoms with Crippen LogP contribution in [-0.2, 0) is 0 Å². The van der Waals surface area contributed by atoms with E-state index in [9.17, 15) is 0 Å². The van der Waals surface area contributed by atoms with Gasteiger partial charge < -0.3 is 0 Å². The van der Waals surface area contributed by atoms with Crippen LogP contribution in [0.15, 0.2) is 72.3 Å². The number of benzene rings is 2. The van der Waals surface area contributed by atoms with Gasteiger partial charge in [0, 0.05) is 3.92 Å². The van der Waals surface area contributed by atoms with Crippen molar-refractivity contribution in [2.45, 2.75) is 17.3 Å². The summed E-state index contributed by atoms with van der Waals surface area (Å²) in [6.45, 7) is 2.21. The van der Waals surface area contributed by atoms with Gasteiger partial charge in [0.15, 0.2) is 0 Å². The second-order valence-electron chi connectivity index (χ2n) is 5.17. The third-order valence-corrected chi connectivity index (χ3v) is 4.55. The van der Waals surface area contributed by atoms with Gasteiger partial charge in [-0.05, 0) is 47.2 Å². The first-order valence-corrected chi connectivity index (χ1v) is 8.17. The average Bonchev–Trinajstić information content (AvgIpc) is 2.48. The van der Waals surface area contributed by atoms with Crippen molar-refractivity contribution in [2.24, 2.45) is 0 Å². The lowest BCUT2D eigenvalue weighted by Gasteiger charge is -2.17. The van der Waals surface area contributed by atoms with E-state index in [-0.39, 0.29) is 0 Å². The van der Waals surface area contributed by atoms with E-state index in [2.05, 4.69) is 96.3 Å². The summed E-state index contributed by atoms with van der Waals surface area (Å²) >= 11 is 2.50. The monoisotopic (exact) mass is 372 g/mol. The maximum atomic E-state index is 2.50. The van der Waals surface area contributed by atoms with Gasteiger partial charge in [-0.1, -0.05) is 83.3 Å². The zero-order valence-corrected chi connectivity index (χ0v) is 13.7. The van der Waals surface area contributed by atoms with Crippen molar-refractivity contribution < 1.29 is 0 Å². The molecule has 0 saturated heterocycles. The van der Waals surface area contributed by atoms with Crippen molar-refractivity contribution in [2.75, 3.05) is 0 Å². The van der Waals surface area contributed by atoms with E-state index < -0.39 is 0 Å². The third-order valence-electron chi connectivity index (χ3n) is 3.68. The van der Waals surface area contributed by atoms with E-state index in [1.807, 2.05) is 0 Å². The molecule has 1 heteroatoms. The molecule has 0 N–H and O–H groups in total. The first-order chi connectivity index (χ1) is 9.74. The molecule has 1 aliphatic carbocycles. The van der Waals surface area contributed by atoms with Crippen LogP contribution in [0.3, 0.4) is 0 Å². The molecule has 1 unspecified atom stereocenters. The van der Waals surface area contributed by atoms with Crippen LogP contribution in [0.5, 0.6) is 0 Å². The van der Waals surface area contributed by atoms with E-state index in [0.29, 0.717) is 3.92 Å². The summed E-state index contributed by atoms with van der Waals surface area (Å²) in [4.78, 5) is 0. The molecular weight excluding hydrogens is 355 g/mol. The quantitative estimate of drug-likeness (QED) is 0.456. The minimum atomic E-state index is 0.633. The van der Waals surface area contributed by atoms with Crippen molar-refractivity contribution in [3.05, 3.63) is 77.9 Å². The van der Waals surface area contributed by atoms with Crippen LogP contribution < -0.4 is 0 Å². The fourth-order valence-electron chi connectivity index (χ4n) is 2.66. The number of alkyl halides is 1. The average molecular weight is 372 g/mol.